The molecule has 0 aliphatic heterocycles. The van der Waals surface area contributed by atoms with Gasteiger partial charge >= 0.3 is 11.9 Å². The topological polar surface area (TPSA) is 92.7 Å². The Bertz CT molecular complexity index is 698. The van der Waals surface area contributed by atoms with E-state index in [1.165, 1.54) is 44.9 Å². The summed E-state index contributed by atoms with van der Waals surface area (Å²) in [6, 6.07) is 0. The molecule has 0 aromatic carbocycles. The van der Waals surface area contributed by atoms with E-state index in [-0.39, 0.29) is 24.5 Å². The molecule has 6 heteroatoms. The Labute approximate surface area is 238 Å². The molecule has 0 aliphatic carbocycles. The van der Waals surface area contributed by atoms with Crippen molar-refractivity contribution in [2.75, 3.05) is 6.54 Å². The molecule has 2 N–H and O–H groups in total. The molecular formula is C33H57NO5. The summed E-state index contributed by atoms with van der Waals surface area (Å²) in [5, 5.41) is 11.0. The van der Waals surface area contributed by atoms with E-state index in [2.05, 4.69) is 49.5 Å². The minimum atomic E-state index is -1.03. The predicted molar refractivity (Wildman–Crippen MR) is 162 cm³/mol. The maximum absolute atomic E-state index is 12.5. The van der Waals surface area contributed by atoms with Crippen LogP contribution in [-0.2, 0) is 19.1 Å². The van der Waals surface area contributed by atoms with Crippen molar-refractivity contribution >= 4 is 17.8 Å². The van der Waals surface area contributed by atoms with Crippen LogP contribution in [0, 0.1) is 0 Å². The average Bonchev–Trinajstić information content (AvgIpc) is 2.91. The Morgan fingerprint density at radius 2 is 1.31 bits per heavy atom. The lowest BCUT2D eigenvalue weighted by atomic mass is 10.1. The van der Waals surface area contributed by atoms with Crippen molar-refractivity contribution in [1.82, 2.24) is 5.32 Å². The smallest absolute Gasteiger partial charge is 0.322 e. The number of amides is 1. The number of hydrogen-bond donors (Lipinski definition) is 2. The first kappa shape index (κ1) is 36.6. The van der Waals surface area contributed by atoms with E-state index < -0.39 is 5.97 Å². The minimum absolute atomic E-state index is 0.114. The van der Waals surface area contributed by atoms with Crippen LogP contribution in [-0.4, -0.2) is 35.6 Å². The van der Waals surface area contributed by atoms with E-state index in [9.17, 15) is 14.4 Å². The first-order valence-corrected chi connectivity index (χ1v) is 15.6. The highest BCUT2D eigenvalue weighted by Gasteiger charge is 2.11. The van der Waals surface area contributed by atoms with Crippen LogP contribution < -0.4 is 5.32 Å². The number of nitrogens with one attached hydrogen (secondary N) is 1. The van der Waals surface area contributed by atoms with Crippen molar-refractivity contribution in [2.24, 2.45) is 0 Å². The van der Waals surface area contributed by atoms with Crippen molar-refractivity contribution < 1.29 is 24.2 Å². The maximum atomic E-state index is 12.5. The Morgan fingerprint density at radius 3 is 2.03 bits per heavy atom. The monoisotopic (exact) mass is 547 g/mol. The third-order valence-corrected chi connectivity index (χ3v) is 6.50. The lowest BCUT2D eigenvalue weighted by molar-refractivity contribution is -0.147. The third-order valence-electron chi connectivity index (χ3n) is 6.50. The standard InChI is InChI=1S/C33H57NO5/c1-3-5-7-9-11-13-14-16-18-24-28-33(38)39-30(25-21-17-15-12-10-8-6-4-2)26-22-19-20-23-27-31(35)34-29-32(36)37/h7,9,12,15,21,25,30H,3-6,8,10-11,13-14,16-20,22-24,26-29H2,1-2H3,(H,34,35)(H,36,37)/b9-7-,15-12-,25-21-. The van der Waals surface area contributed by atoms with Gasteiger partial charge in [-0.05, 0) is 70.3 Å². The molecule has 0 spiro atoms. The summed E-state index contributed by atoms with van der Waals surface area (Å²) in [5.74, 6) is -1.37. The molecule has 6 nitrogen and oxygen atoms in total. The molecule has 0 fully saturated rings. The molecular weight excluding hydrogens is 490 g/mol. The van der Waals surface area contributed by atoms with Gasteiger partial charge in [-0.2, -0.15) is 0 Å². The third kappa shape index (κ3) is 28.5. The summed E-state index contributed by atoms with van der Waals surface area (Å²) < 4.78 is 5.81. The number of esters is 1. The number of allylic oxidation sites excluding steroid dienone is 5. The number of carboxylic acids is 1. The second-order valence-corrected chi connectivity index (χ2v) is 10.3. The summed E-state index contributed by atoms with van der Waals surface area (Å²) in [4.78, 5) is 34.6. The highest BCUT2D eigenvalue weighted by molar-refractivity contribution is 5.80. The minimum Gasteiger partial charge on any atom is -0.480 e. The van der Waals surface area contributed by atoms with Gasteiger partial charge in [-0.3, -0.25) is 14.4 Å². The van der Waals surface area contributed by atoms with Gasteiger partial charge in [-0.1, -0.05) is 95.6 Å². The number of unbranched alkanes of at least 4 members (excludes halogenated alkanes) is 12. The fraction of sp³-hybridized carbons (Fsp3) is 0.727. The second kappa shape index (κ2) is 28.6. The molecule has 1 unspecified atom stereocenters. The SMILES string of the molecule is CCC/C=C\CCCCCCCC(=O)OC(/C=C\C/C=C\CCCCC)CCCCCCC(=O)NCC(=O)O. The Morgan fingerprint density at radius 1 is 0.692 bits per heavy atom. The summed E-state index contributed by atoms with van der Waals surface area (Å²) in [6.07, 6.45) is 32.7. The number of aliphatic carboxylic acids is 1. The van der Waals surface area contributed by atoms with Gasteiger partial charge in [0.1, 0.15) is 12.6 Å². The quantitative estimate of drug-likeness (QED) is 0.0610. The summed E-state index contributed by atoms with van der Waals surface area (Å²) >= 11 is 0. The number of hydrogen-bond acceptors (Lipinski definition) is 4. The van der Waals surface area contributed by atoms with Crippen molar-refractivity contribution in [1.29, 1.82) is 0 Å². The van der Waals surface area contributed by atoms with Gasteiger partial charge in [-0.15, -0.1) is 0 Å². The number of ether oxygens (including phenoxy) is 1. The van der Waals surface area contributed by atoms with Crippen LogP contribution in [0.2, 0.25) is 0 Å². The number of rotatable bonds is 27. The Kier molecular flexibility index (Phi) is 26.9. The van der Waals surface area contributed by atoms with Crippen molar-refractivity contribution in [3.63, 3.8) is 0 Å². The highest BCUT2D eigenvalue weighted by atomic mass is 16.5. The zero-order valence-electron chi connectivity index (χ0n) is 25.0. The molecule has 0 saturated heterocycles. The van der Waals surface area contributed by atoms with Gasteiger partial charge in [0.15, 0.2) is 0 Å². The Balaban J connectivity index is 4.30. The highest BCUT2D eigenvalue weighted by Crippen LogP contribution is 2.14. The van der Waals surface area contributed by atoms with E-state index in [0.717, 1.165) is 70.6 Å². The van der Waals surface area contributed by atoms with Crippen LogP contribution in [0.5, 0.6) is 0 Å². The first-order chi connectivity index (χ1) is 19.0. The molecule has 0 aromatic heterocycles. The summed E-state index contributed by atoms with van der Waals surface area (Å²) in [7, 11) is 0. The molecule has 0 rings (SSSR count). The maximum Gasteiger partial charge on any atom is 0.322 e. The Hall–Kier alpha value is -2.37. The van der Waals surface area contributed by atoms with Gasteiger partial charge in [0, 0.05) is 12.8 Å². The molecule has 0 radical (unpaired) electrons. The predicted octanol–water partition coefficient (Wildman–Crippen LogP) is 8.61. The van der Waals surface area contributed by atoms with E-state index >= 15 is 0 Å². The molecule has 0 heterocycles. The van der Waals surface area contributed by atoms with E-state index in [4.69, 9.17) is 9.84 Å². The molecule has 0 aromatic rings. The van der Waals surface area contributed by atoms with E-state index in [1.54, 1.807) is 0 Å². The number of carboxylic acid groups (broad SMARTS) is 1. The van der Waals surface area contributed by atoms with Gasteiger partial charge in [0.2, 0.25) is 5.91 Å². The van der Waals surface area contributed by atoms with Crippen molar-refractivity contribution in [2.45, 2.75) is 148 Å². The molecule has 0 bridgehead atoms. The molecule has 1 atom stereocenters. The molecule has 224 valence electrons. The van der Waals surface area contributed by atoms with Crippen LogP contribution in [0.3, 0.4) is 0 Å². The largest absolute Gasteiger partial charge is 0.480 e. The average molecular weight is 548 g/mol. The van der Waals surface area contributed by atoms with Crippen molar-refractivity contribution in [3.8, 4) is 0 Å². The van der Waals surface area contributed by atoms with Gasteiger partial charge in [0.05, 0.1) is 0 Å². The van der Waals surface area contributed by atoms with Crippen LogP contribution in [0.15, 0.2) is 36.5 Å². The molecule has 0 saturated carbocycles. The van der Waals surface area contributed by atoms with Gasteiger partial charge in [-0.25, -0.2) is 0 Å². The van der Waals surface area contributed by atoms with E-state index in [1.807, 2.05) is 6.08 Å². The molecule has 39 heavy (non-hydrogen) atoms. The van der Waals surface area contributed by atoms with Crippen LogP contribution >= 0.6 is 0 Å². The van der Waals surface area contributed by atoms with Gasteiger partial charge in [0.25, 0.3) is 0 Å². The fourth-order valence-corrected chi connectivity index (χ4v) is 4.17. The zero-order valence-corrected chi connectivity index (χ0v) is 25.0. The normalized spacial score (nSPS) is 12.5. The lowest BCUT2D eigenvalue weighted by Crippen LogP contribution is -2.28. The summed E-state index contributed by atoms with van der Waals surface area (Å²) in [6.45, 7) is 4.08. The van der Waals surface area contributed by atoms with Crippen LogP contribution in [0.1, 0.15) is 142 Å². The fourth-order valence-electron chi connectivity index (χ4n) is 4.17. The lowest BCUT2D eigenvalue weighted by Gasteiger charge is -2.14. The first-order valence-electron chi connectivity index (χ1n) is 15.6. The zero-order chi connectivity index (χ0) is 28.8. The van der Waals surface area contributed by atoms with Crippen LogP contribution in [0.25, 0.3) is 0 Å². The van der Waals surface area contributed by atoms with Gasteiger partial charge < -0.3 is 15.2 Å². The molecule has 0 aliphatic rings. The number of carbonyl (C=O) groups excluding carboxylic acids is 2. The van der Waals surface area contributed by atoms with Crippen LogP contribution in [0.4, 0.5) is 0 Å². The number of carbonyl (C=O) groups is 3. The molecule has 1 amide bonds. The second-order valence-electron chi connectivity index (χ2n) is 10.3. The van der Waals surface area contributed by atoms with E-state index in [0.29, 0.717) is 12.8 Å². The summed E-state index contributed by atoms with van der Waals surface area (Å²) in [5.41, 5.74) is 0. The van der Waals surface area contributed by atoms with Crippen molar-refractivity contribution in [3.05, 3.63) is 36.5 Å².